The second kappa shape index (κ2) is 8.17. The van der Waals surface area contributed by atoms with Crippen LogP contribution in [0.5, 0.6) is 0 Å². The summed E-state index contributed by atoms with van der Waals surface area (Å²) in [4.78, 5) is 14.2. The largest absolute Gasteiger partial charge is 0.396 e. The van der Waals surface area contributed by atoms with Gasteiger partial charge in [-0.15, -0.1) is 0 Å². The maximum atomic E-state index is 12.4. The van der Waals surface area contributed by atoms with E-state index in [4.69, 9.17) is 5.11 Å². The van der Waals surface area contributed by atoms with Crippen LogP contribution >= 0.6 is 0 Å². The predicted molar refractivity (Wildman–Crippen MR) is 88.8 cm³/mol. The first-order valence-electron chi connectivity index (χ1n) is 7.90. The Morgan fingerprint density at radius 1 is 1.45 bits per heavy atom. The fraction of sp³-hybridized carbons (Fsp3) is 0.750. The Morgan fingerprint density at radius 2 is 2.14 bits per heavy atom. The lowest BCUT2D eigenvalue weighted by Crippen LogP contribution is -2.41. The fourth-order valence-corrected chi connectivity index (χ4v) is 2.19. The Labute approximate surface area is 133 Å². The molecule has 22 heavy (non-hydrogen) atoms. The lowest BCUT2D eigenvalue weighted by atomic mass is 9.96. The van der Waals surface area contributed by atoms with Gasteiger partial charge in [0.25, 0.3) is 0 Å². The third kappa shape index (κ3) is 6.93. The van der Waals surface area contributed by atoms with Crippen LogP contribution in [0.3, 0.4) is 0 Å². The molecule has 126 valence electrons. The molecule has 1 rings (SSSR count). The number of aliphatic hydroxyl groups is 1. The fourth-order valence-electron chi connectivity index (χ4n) is 2.19. The topological polar surface area (TPSA) is 70.4 Å². The highest BCUT2D eigenvalue weighted by Gasteiger charge is 2.21. The maximum Gasteiger partial charge on any atom is 0.321 e. The molecule has 0 radical (unpaired) electrons. The molecule has 0 spiro atoms. The van der Waals surface area contributed by atoms with Crippen LogP contribution in [0.2, 0.25) is 0 Å². The molecular formula is C16H30N4O2. The average Bonchev–Trinajstić information content (AvgIpc) is 2.79. The van der Waals surface area contributed by atoms with Crippen molar-refractivity contribution in [2.75, 3.05) is 25.0 Å². The molecule has 2 N–H and O–H groups in total. The van der Waals surface area contributed by atoms with Gasteiger partial charge < -0.3 is 15.3 Å². The minimum absolute atomic E-state index is 0.00855. The molecular weight excluding hydrogens is 280 g/mol. The van der Waals surface area contributed by atoms with Crippen LogP contribution in [-0.2, 0) is 6.54 Å². The smallest absolute Gasteiger partial charge is 0.321 e. The van der Waals surface area contributed by atoms with Gasteiger partial charge >= 0.3 is 6.03 Å². The van der Waals surface area contributed by atoms with E-state index in [2.05, 4.69) is 45.0 Å². The quantitative estimate of drug-likeness (QED) is 0.813. The van der Waals surface area contributed by atoms with E-state index in [1.807, 2.05) is 10.9 Å². The zero-order chi connectivity index (χ0) is 16.8. The van der Waals surface area contributed by atoms with Gasteiger partial charge in [0.1, 0.15) is 0 Å². The molecule has 0 saturated carbocycles. The van der Waals surface area contributed by atoms with E-state index in [0.717, 1.165) is 6.54 Å². The summed E-state index contributed by atoms with van der Waals surface area (Å²) in [5, 5.41) is 16.1. The van der Waals surface area contributed by atoms with E-state index in [1.54, 1.807) is 11.1 Å². The molecule has 2 amide bonds. The molecule has 1 aromatic heterocycles. The van der Waals surface area contributed by atoms with Crippen LogP contribution in [0.4, 0.5) is 10.5 Å². The summed E-state index contributed by atoms with van der Waals surface area (Å²) in [5.41, 5.74) is 0.711. The maximum absolute atomic E-state index is 12.4. The van der Waals surface area contributed by atoms with Crippen LogP contribution in [0, 0.1) is 11.3 Å². The number of aliphatic hydroxyl groups excluding tert-OH is 1. The zero-order valence-electron chi connectivity index (χ0n) is 14.5. The van der Waals surface area contributed by atoms with Gasteiger partial charge in [-0.25, -0.2) is 4.79 Å². The lowest BCUT2D eigenvalue weighted by molar-refractivity contribution is 0.176. The summed E-state index contributed by atoms with van der Waals surface area (Å²) in [6.45, 7) is 12.6. The van der Waals surface area contributed by atoms with Crippen molar-refractivity contribution in [3.8, 4) is 0 Å². The third-order valence-electron chi connectivity index (χ3n) is 2.98. The van der Waals surface area contributed by atoms with E-state index in [1.165, 1.54) is 0 Å². The third-order valence-corrected chi connectivity index (χ3v) is 2.98. The van der Waals surface area contributed by atoms with Gasteiger partial charge in [-0.05, 0) is 17.8 Å². The molecule has 0 unspecified atom stereocenters. The average molecular weight is 310 g/mol. The number of nitrogens with zero attached hydrogens (tertiary/aromatic N) is 3. The number of hydrogen-bond acceptors (Lipinski definition) is 3. The zero-order valence-corrected chi connectivity index (χ0v) is 14.5. The van der Waals surface area contributed by atoms with Crippen LogP contribution < -0.4 is 5.32 Å². The van der Waals surface area contributed by atoms with Crippen molar-refractivity contribution >= 4 is 11.7 Å². The van der Waals surface area contributed by atoms with Crippen molar-refractivity contribution in [2.24, 2.45) is 11.3 Å². The number of hydrogen-bond donors (Lipinski definition) is 2. The SMILES string of the molecule is CC(C)Cn1cc(NC(=O)N(CCCO)CC(C)(C)C)cn1. The molecule has 0 atom stereocenters. The monoisotopic (exact) mass is 310 g/mol. The molecule has 0 aliphatic carbocycles. The molecule has 0 saturated heterocycles. The van der Waals surface area contributed by atoms with Gasteiger partial charge in [0.2, 0.25) is 0 Å². The van der Waals surface area contributed by atoms with E-state index < -0.39 is 0 Å². The van der Waals surface area contributed by atoms with Crippen molar-refractivity contribution in [3.63, 3.8) is 0 Å². The van der Waals surface area contributed by atoms with Gasteiger partial charge in [0.05, 0.1) is 11.9 Å². The number of anilines is 1. The van der Waals surface area contributed by atoms with E-state index in [0.29, 0.717) is 31.1 Å². The Kier molecular flexibility index (Phi) is 6.87. The number of aromatic nitrogens is 2. The standard InChI is InChI=1S/C16H30N4O2/c1-13(2)10-20-11-14(9-17-20)18-15(22)19(7-6-8-21)12-16(3,4)5/h9,11,13,21H,6-8,10,12H2,1-5H3,(H,18,22). The molecule has 0 bridgehead atoms. The highest BCUT2D eigenvalue weighted by atomic mass is 16.3. The van der Waals surface area contributed by atoms with E-state index >= 15 is 0 Å². The highest BCUT2D eigenvalue weighted by molar-refractivity contribution is 5.89. The van der Waals surface area contributed by atoms with Gasteiger partial charge in [0, 0.05) is 32.4 Å². The molecule has 6 heteroatoms. The summed E-state index contributed by atoms with van der Waals surface area (Å²) >= 11 is 0. The Hall–Kier alpha value is -1.56. The minimum Gasteiger partial charge on any atom is -0.396 e. The van der Waals surface area contributed by atoms with Crippen LogP contribution in [0.25, 0.3) is 0 Å². The van der Waals surface area contributed by atoms with E-state index in [-0.39, 0.29) is 18.1 Å². The number of urea groups is 1. The second-order valence-corrected chi connectivity index (χ2v) is 7.33. The number of carbonyl (C=O) groups is 1. The normalized spacial score (nSPS) is 11.8. The van der Waals surface area contributed by atoms with Crippen molar-refractivity contribution in [3.05, 3.63) is 12.4 Å². The lowest BCUT2D eigenvalue weighted by Gasteiger charge is -2.29. The van der Waals surface area contributed by atoms with Crippen molar-refractivity contribution < 1.29 is 9.90 Å². The molecule has 1 heterocycles. The van der Waals surface area contributed by atoms with Crippen molar-refractivity contribution in [1.29, 1.82) is 0 Å². The summed E-state index contributed by atoms with van der Waals surface area (Å²) in [7, 11) is 0. The molecule has 0 aromatic carbocycles. The molecule has 0 aliphatic rings. The predicted octanol–water partition coefficient (Wildman–Crippen LogP) is 2.80. The minimum atomic E-state index is -0.146. The number of rotatable bonds is 7. The van der Waals surface area contributed by atoms with Crippen molar-refractivity contribution in [2.45, 2.75) is 47.6 Å². The second-order valence-electron chi connectivity index (χ2n) is 7.33. The molecule has 0 fully saturated rings. The van der Waals surface area contributed by atoms with Gasteiger partial charge in [-0.3, -0.25) is 4.68 Å². The first-order chi connectivity index (χ1) is 10.2. The number of amides is 2. The summed E-state index contributed by atoms with van der Waals surface area (Å²) in [5.74, 6) is 0.505. The molecule has 0 aliphatic heterocycles. The summed E-state index contributed by atoms with van der Waals surface area (Å²) in [6.07, 6.45) is 4.09. The Bertz CT molecular complexity index is 463. The van der Waals surface area contributed by atoms with Crippen LogP contribution in [0.15, 0.2) is 12.4 Å². The van der Waals surface area contributed by atoms with Crippen molar-refractivity contribution in [1.82, 2.24) is 14.7 Å². The number of nitrogens with one attached hydrogen (secondary N) is 1. The molecule has 6 nitrogen and oxygen atoms in total. The molecule has 1 aromatic rings. The Balaban J connectivity index is 2.67. The van der Waals surface area contributed by atoms with Gasteiger partial charge in [-0.2, -0.15) is 5.10 Å². The highest BCUT2D eigenvalue weighted by Crippen LogP contribution is 2.17. The summed E-state index contributed by atoms with van der Waals surface area (Å²) in [6, 6.07) is -0.146. The first kappa shape index (κ1) is 18.5. The van der Waals surface area contributed by atoms with Crippen LogP contribution in [0.1, 0.15) is 41.0 Å². The van der Waals surface area contributed by atoms with Gasteiger partial charge in [-0.1, -0.05) is 34.6 Å². The van der Waals surface area contributed by atoms with E-state index in [9.17, 15) is 4.79 Å². The first-order valence-corrected chi connectivity index (χ1v) is 7.90. The van der Waals surface area contributed by atoms with Crippen LogP contribution in [-0.4, -0.2) is 45.5 Å². The Morgan fingerprint density at radius 3 is 2.68 bits per heavy atom. The summed E-state index contributed by atoms with van der Waals surface area (Å²) < 4.78 is 1.84. The number of carbonyl (C=O) groups excluding carboxylic acids is 1. The van der Waals surface area contributed by atoms with Gasteiger partial charge in [0.15, 0.2) is 0 Å².